The largest absolute Gasteiger partial charge is 0.306 e. The minimum Gasteiger partial charge on any atom is -0.306 e. The Morgan fingerprint density at radius 2 is 2.05 bits per heavy atom. The van der Waals surface area contributed by atoms with E-state index in [9.17, 15) is 0 Å². The van der Waals surface area contributed by atoms with Crippen molar-refractivity contribution in [3.8, 4) is 0 Å². The van der Waals surface area contributed by atoms with E-state index in [2.05, 4.69) is 21.7 Å². The Hall–Kier alpha value is -0.710. The third-order valence-corrected chi connectivity index (χ3v) is 4.32. The monoisotopic (exact) mass is 315 g/mol. The number of benzene rings is 1. The predicted molar refractivity (Wildman–Crippen MR) is 81.1 cm³/mol. The van der Waals surface area contributed by atoms with Gasteiger partial charge in [0.1, 0.15) is 5.82 Å². The summed E-state index contributed by atoms with van der Waals surface area (Å²) in [6, 6.07) is 5.57. The molecule has 0 aliphatic rings. The molecule has 0 atom stereocenters. The van der Waals surface area contributed by atoms with Crippen molar-refractivity contribution < 1.29 is 0 Å². The highest BCUT2D eigenvalue weighted by atomic mass is 35.5. The molecule has 0 radical (unpaired) electrons. The van der Waals surface area contributed by atoms with Crippen LogP contribution in [0.3, 0.4) is 0 Å². The first-order valence-electron chi connectivity index (χ1n) is 6.08. The molecule has 1 aromatic heterocycles. The number of rotatable bonds is 5. The number of hydrogen-bond donors (Lipinski definition) is 0. The summed E-state index contributed by atoms with van der Waals surface area (Å²) in [6.45, 7) is 5.06. The van der Waals surface area contributed by atoms with E-state index in [1.165, 1.54) is 0 Å². The normalized spacial score (nSPS) is 10.9. The molecule has 0 aliphatic carbocycles. The van der Waals surface area contributed by atoms with Crippen molar-refractivity contribution in [3.05, 3.63) is 39.6 Å². The number of hydrogen-bond acceptors (Lipinski definition) is 3. The Labute approximate surface area is 127 Å². The van der Waals surface area contributed by atoms with E-state index in [-0.39, 0.29) is 0 Å². The van der Waals surface area contributed by atoms with Gasteiger partial charge in [-0.05, 0) is 31.0 Å². The zero-order valence-corrected chi connectivity index (χ0v) is 13.2. The summed E-state index contributed by atoms with van der Waals surface area (Å²) in [7, 11) is 0. The maximum Gasteiger partial charge on any atom is 0.191 e. The predicted octanol–water partition coefficient (Wildman–Crippen LogP) is 4.60. The van der Waals surface area contributed by atoms with Gasteiger partial charge in [-0.3, -0.25) is 0 Å². The highest BCUT2D eigenvalue weighted by Gasteiger charge is 2.10. The number of aryl methyl sites for hydroxylation is 1. The maximum atomic E-state index is 6.16. The zero-order valence-electron chi connectivity index (χ0n) is 10.9. The van der Waals surface area contributed by atoms with Crippen LogP contribution in [0.2, 0.25) is 10.0 Å². The smallest absolute Gasteiger partial charge is 0.191 e. The van der Waals surface area contributed by atoms with E-state index >= 15 is 0 Å². The SMILES string of the molecule is CCCn1c(C)nnc1SCc1ccc(Cl)cc1Cl. The molecular formula is C13H15Cl2N3S. The van der Waals surface area contributed by atoms with Crippen LogP contribution in [0.25, 0.3) is 0 Å². The number of halogens is 2. The zero-order chi connectivity index (χ0) is 13.8. The first kappa shape index (κ1) is 14.7. The number of aromatic nitrogens is 3. The molecule has 1 aromatic carbocycles. The third kappa shape index (κ3) is 3.65. The van der Waals surface area contributed by atoms with Gasteiger partial charge >= 0.3 is 0 Å². The molecule has 0 bridgehead atoms. The lowest BCUT2D eigenvalue weighted by Crippen LogP contribution is -2.01. The number of thioether (sulfide) groups is 1. The Morgan fingerprint density at radius 3 is 2.74 bits per heavy atom. The molecular weight excluding hydrogens is 301 g/mol. The summed E-state index contributed by atoms with van der Waals surface area (Å²) in [4.78, 5) is 0. The van der Waals surface area contributed by atoms with Crippen LogP contribution in [0.4, 0.5) is 0 Å². The van der Waals surface area contributed by atoms with Gasteiger partial charge in [0.05, 0.1) is 0 Å². The molecule has 0 saturated heterocycles. The Balaban J connectivity index is 2.10. The molecule has 3 nitrogen and oxygen atoms in total. The van der Waals surface area contributed by atoms with Crippen molar-refractivity contribution in [2.75, 3.05) is 0 Å². The standard InChI is InChI=1S/C13H15Cl2N3S/c1-3-6-18-9(2)16-17-13(18)19-8-10-4-5-11(14)7-12(10)15/h4-5,7H,3,6,8H2,1-2H3. The van der Waals surface area contributed by atoms with E-state index in [1.54, 1.807) is 17.8 Å². The van der Waals surface area contributed by atoms with E-state index < -0.39 is 0 Å². The van der Waals surface area contributed by atoms with Crippen molar-refractivity contribution in [3.63, 3.8) is 0 Å². The minimum absolute atomic E-state index is 0.656. The molecule has 0 amide bonds. The topological polar surface area (TPSA) is 30.7 Å². The minimum atomic E-state index is 0.656. The van der Waals surface area contributed by atoms with Crippen LogP contribution in [0.1, 0.15) is 24.7 Å². The van der Waals surface area contributed by atoms with Crippen LogP contribution in [0.15, 0.2) is 23.4 Å². The maximum absolute atomic E-state index is 6.16. The lowest BCUT2D eigenvalue weighted by Gasteiger charge is -2.07. The van der Waals surface area contributed by atoms with Crippen LogP contribution in [0.5, 0.6) is 0 Å². The fraction of sp³-hybridized carbons (Fsp3) is 0.385. The van der Waals surface area contributed by atoms with Crippen molar-refractivity contribution in [1.82, 2.24) is 14.8 Å². The lowest BCUT2D eigenvalue weighted by atomic mass is 10.2. The average Bonchev–Trinajstić information content (AvgIpc) is 2.71. The second-order valence-corrected chi connectivity index (χ2v) is 5.99. The van der Waals surface area contributed by atoms with Gasteiger partial charge < -0.3 is 4.57 Å². The van der Waals surface area contributed by atoms with Crippen molar-refractivity contribution in [2.24, 2.45) is 0 Å². The molecule has 0 saturated carbocycles. The number of nitrogens with zero attached hydrogens (tertiary/aromatic N) is 3. The fourth-order valence-corrected chi connectivity index (χ4v) is 3.30. The second kappa shape index (κ2) is 6.64. The van der Waals surface area contributed by atoms with E-state index in [0.29, 0.717) is 10.0 Å². The highest BCUT2D eigenvalue weighted by molar-refractivity contribution is 7.98. The van der Waals surface area contributed by atoms with Crippen LogP contribution in [-0.2, 0) is 12.3 Å². The summed E-state index contributed by atoms with van der Waals surface area (Å²) in [6.07, 6.45) is 1.06. The van der Waals surface area contributed by atoms with Gasteiger partial charge in [-0.15, -0.1) is 10.2 Å². The van der Waals surface area contributed by atoms with E-state index in [0.717, 1.165) is 35.3 Å². The van der Waals surface area contributed by atoms with Crippen molar-refractivity contribution in [1.29, 1.82) is 0 Å². The molecule has 0 aliphatic heterocycles. The van der Waals surface area contributed by atoms with Crippen LogP contribution in [0, 0.1) is 6.92 Å². The van der Waals surface area contributed by atoms with E-state index in [4.69, 9.17) is 23.2 Å². The molecule has 19 heavy (non-hydrogen) atoms. The Bertz CT molecular complexity index is 569. The van der Waals surface area contributed by atoms with Crippen LogP contribution in [-0.4, -0.2) is 14.8 Å². The van der Waals surface area contributed by atoms with Crippen LogP contribution >= 0.6 is 35.0 Å². The second-order valence-electron chi connectivity index (χ2n) is 4.21. The van der Waals surface area contributed by atoms with E-state index in [1.807, 2.05) is 19.1 Å². The van der Waals surface area contributed by atoms with Gasteiger partial charge in [-0.2, -0.15) is 0 Å². The first-order chi connectivity index (χ1) is 9.11. The summed E-state index contributed by atoms with van der Waals surface area (Å²) in [5, 5.41) is 10.6. The van der Waals surface area contributed by atoms with Gasteiger partial charge in [0, 0.05) is 22.3 Å². The van der Waals surface area contributed by atoms with Gasteiger partial charge in [0.15, 0.2) is 5.16 Å². The van der Waals surface area contributed by atoms with Gasteiger partial charge in [0.25, 0.3) is 0 Å². The van der Waals surface area contributed by atoms with Gasteiger partial charge in [0.2, 0.25) is 0 Å². The molecule has 0 unspecified atom stereocenters. The van der Waals surface area contributed by atoms with Crippen molar-refractivity contribution in [2.45, 2.75) is 37.7 Å². The summed E-state index contributed by atoms with van der Waals surface area (Å²) in [5.74, 6) is 1.71. The molecule has 102 valence electrons. The Morgan fingerprint density at radius 1 is 1.26 bits per heavy atom. The average molecular weight is 316 g/mol. The molecule has 2 rings (SSSR count). The highest BCUT2D eigenvalue weighted by Crippen LogP contribution is 2.28. The molecule has 6 heteroatoms. The molecule has 0 N–H and O–H groups in total. The quantitative estimate of drug-likeness (QED) is 0.756. The molecule has 0 fully saturated rings. The molecule has 0 spiro atoms. The Kier molecular flexibility index (Phi) is 5.13. The first-order valence-corrected chi connectivity index (χ1v) is 7.82. The summed E-state index contributed by atoms with van der Waals surface area (Å²) < 4.78 is 2.13. The molecule has 1 heterocycles. The molecule has 2 aromatic rings. The van der Waals surface area contributed by atoms with Gasteiger partial charge in [-0.25, -0.2) is 0 Å². The van der Waals surface area contributed by atoms with Gasteiger partial charge in [-0.1, -0.05) is 48.0 Å². The third-order valence-electron chi connectivity index (χ3n) is 2.72. The lowest BCUT2D eigenvalue weighted by molar-refractivity contribution is 0.605. The summed E-state index contributed by atoms with van der Waals surface area (Å²) >= 11 is 13.7. The fourth-order valence-electron chi connectivity index (χ4n) is 1.73. The van der Waals surface area contributed by atoms with Crippen LogP contribution < -0.4 is 0 Å². The summed E-state index contributed by atoms with van der Waals surface area (Å²) in [5.41, 5.74) is 1.06. The van der Waals surface area contributed by atoms with Crippen molar-refractivity contribution >= 4 is 35.0 Å².